The van der Waals surface area contributed by atoms with Gasteiger partial charge in [-0.2, -0.15) is 0 Å². The van der Waals surface area contributed by atoms with E-state index in [1.165, 1.54) is 34.6 Å². The number of halogens is 1. The number of hydrogen-bond acceptors (Lipinski definition) is 4. The molecule has 0 aliphatic heterocycles. The van der Waals surface area contributed by atoms with Crippen LogP contribution in [0.15, 0.2) is 64.6 Å². The number of amides is 2. The summed E-state index contributed by atoms with van der Waals surface area (Å²) in [5.41, 5.74) is 0.728. The highest BCUT2D eigenvalue weighted by molar-refractivity contribution is 7.10. The molecule has 2 aromatic heterocycles. The Bertz CT molecular complexity index is 965. The Hall–Kier alpha value is -2.93. The van der Waals surface area contributed by atoms with Gasteiger partial charge in [-0.15, -0.1) is 11.3 Å². The maximum Gasteiger partial charge on any atom is 0.290 e. The molecule has 0 spiro atoms. The molecule has 1 atom stereocenters. The SMILES string of the molecule is O=C(NC1CCCC1)[C@@H](c1cccs1)N(Cc1ccc(F)cc1)C(=O)c1ccco1. The van der Waals surface area contributed by atoms with E-state index in [0.717, 1.165) is 36.1 Å². The fraction of sp³-hybridized carbons (Fsp3) is 0.304. The number of carbonyl (C=O) groups excluding carboxylic acids is 2. The Morgan fingerprint density at radius 3 is 2.53 bits per heavy atom. The normalized spacial score (nSPS) is 15.1. The zero-order chi connectivity index (χ0) is 20.9. The van der Waals surface area contributed by atoms with Gasteiger partial charge in [0.05, 0.1) is 6.26 Å². The minimum atomic E-state index is -0.798. The lowest BCUT2D eigenvalue weighted by molar-refractivity contribution is -0.126. The van der Waals surface area contributed by atoms with Crippen LogP contribution >= 0.6 is 11.3 Å². The zero-order valence-electron chi connectivity index (χ0n) is 16.4. The van der Waals surface area contributed by atoms with Gasteiger partial charge >= 0.3 is 0 Å². The second kappa shape index (κ2) is 9.26. The molecule has 1 fully saturated rings. The van der Waals surface area contributed by atoms with Gasteiger partial charge < -0.3 is 14.6 Å². The van der Waals surface area contributed by atoms with E-state index in [-0.39, 0.29) is 36.0 Å². The van der Waals surface area contributed by atoms with Crippen molar-refractivity contribution in [1.82, 2.24) is 10.2 Å². The number of hydrogen-bond donors (Lipinski definition) is 1. The average Bonchev–Trinajstić information content (AvgIpc) is 3.52. The van der Waals surface area contributed by atoms with E-state index in [9.17, 15) is 14.0 Å². The second-order valence-electron chi connectivity index (χ2n) is 7.44. The summed E-state index contributed by atoms with van der Waals surface area (Å²) in [6, 6.07) is 12.2. The molecule has 3 aromatic rings. The third-order valence-electron chi connectivity index (χ3n) is 5.33. The average molecular weight is 427 g/mol. The number of benzene rings is 1. The summed E-state index contributed by atoms with van der Waals surface area (Å²) < 4.78 is 18.7. The first-order valence-electron chi connectivity index (χ1n) is 10.0. The van der Waals surface area contributed by atoms with E-state index >= 15 is 0 Å². The predicted octanol–water partition coefficient (Wildman–Crippen LogP) is 4.92. The molecule has 156 valence electrons. The monoisotopic (exact) mass is 426 g/mol. The molecule has 1 aliphatic carbocycles. The molecule has 30 heavy (non-hydrogen) atoms. The summed E-state index contributed by atoms with van der Waals surface area (Å²) in [5, 5.41) is 5.01. The van der Waals surface area contributed by atoms with E-state index in [1.54, 1.807) is 24.3 Å². The first-order chi connectivity index (χ1) is 14.6. The maximum atomic E-state index is 13.4. The van der Waals surface area contributed by atoms with Crippen LogP contribution in [0.5, 0.6) is 0 Å². The fourth-order valence-corrected chi connectivity index (χ4v) is 4.66. The van der Waals surface area contributed by atoms with Crippen LogP contribution in [0.25, 0.3) is 0 Å². The zero-order valence-corrected chi connectivity index (χ0v) is 17.2. The van der Waals surface area contributed by atoms with Crippen molar-refractivity contribution in [3.8, 4) is 0 Å². The number of carbonyl (C=O) groups is 2. The lowest BCUT2D eigenvalue weighted by Gasteiger charge is -2.31. The van der Waals surface area contributed by atoms with Crippen molar-refractivity contribution in [2.45, 2.75) is 44.3 Å². The van der Waals surface area contributed by atoms with Crippen LogP contribution in [0.4, 0.5) is 4.39 Å². The van der Waals surface area contributed by atoms with Gasteiger partial charge in [0, 0.05) is 17.5 Å². The van der Waals surface area contributed by atoms with E-state index in [2.05, 4.69) is 5.32 Å². The third kappa shape index (κ3) is 4.62. The topological polar surface area (TPSA) is 62.6 Å². The van der Waals surface area contributed by atoms with Crippen molar-refractivity contribution in [2.24, 2.45) is 0 Å². The summed E-state index contributed by atoms with van der Waals surface area (Å²) in [4.78, 5) is 29.0. The smallest absolute Gasteiger partial charge is 0.290 e. The standard InChI is InChI=1S/C23H23FN2O3S/c24-17-11-9-16(10-12-17)15-26(23(28)19-7-3-13-29-19)21(20-8-4-14-30-20)22(27)25-18-5-1-2-6-18/h3-4,7-14,18,21H,1-2,5-6,15H2,(H,25,27)/t21-/m1/s1. The molecule has 1 aromatic carbocycles. The molecule has 5 nitrogen and oxygen atoms in total. The molecular formula is C23H23FN2O3S. The molecule has 7 heteroatoms. The van der Waals surface area contributed by atoms with Gasteiger partial charge in [-0.1, -0.05) is 31.0 Å². The fourth-order valence-electron chi connectivity index (χ4n) is 3.83. The van der Waals surface area contributed by atoms with Gasteiger partial charge in [-0.25, -0.2) is 4.39 Å². The van der Waals surface area contributed by atoms with E-state index < -0.39 is 6.04 Å². The van der Waals surface area contributed by atoms with Gasteiger partial charge in [0.1, 0.15) is 11.9 Å². The maximum absolute atomic E-state index is 13.4. The van der Waals surface area contributed by atoms with Crippen LogP contribution < -0.4 is 5.32 Å². The molecule has 1 N–H and O–H groups in total. The first kappa shape index (κ1) is 20.3. The second-order valence-corrected chi connectivity index (χ2v) is 8.42. The first-order valence-corrected chi connectivity index (χ1v) is 10.9. The van der Waals surface area contributed by atoms with Crippen molar-refractivity contribution in [3.63, 3.8) is 0 Å². The summed E-state index contributed by atoms with van der Waals surface area (Å²) in [6.45, 7) is 0.153. The Labute approximate surface area is 178 Å². The van der Waals surface area contributed by atoms with Crippen molar-refractivity contribution >= 4 is 23.2 Å². The molecule has 1 saturated carbocycles. The highest BCUT2D eigenvalue weighted by Crippen LogP contribution is 2.30. The lowest BCUT2D eigenvalue weighted by atomic mass is 10.1. The molecule has 1 aliphatic rings. The molecular weight excluding hydrogens is 403 g/mol. The highest BCUT2D eigenvalue weighted by atomic mass is 32.1. The van der Waals surface area contributed by atoms with Crippen LogP contribution in [0.1, 0.15) is 52.7 Å². The van der Waals surface area contributed by atoms with Gasteiger partial charge in [0.2, 0.25) is 5.91 Å². The number of nitrogens with zero attached hydrogens (tertiary/aromatic N) is 1. The van der Waals surface area contributed by atoms with Gasteiger partial charge in [-0.3, -0.25) is 9.59 Å². The minimum absolute atomic E-state index is 0.131. The molecule has 0 bridgehead atoms. The van der Waals surface area contributed by atoms with Crippen LogP contribution in [0, 0.1) is 5.82 Å². The molecule has 2 heterocycles. The molecule has 4 rings (SSSR count). The minimum Gasteiger partial charge on any atom is -0.459 e. The van der Waals surface area contributed by atoms with Crippen molar-refractivity contribution in [2.75, 3.05) is 0 Å². The van der Waals surface area contributed by atoms with Crippen LogP contribution in [0.3, 0.4) is 0 Å². The van der Waals surface area contributed by atoms with Crippen LogP contribution in [-0.2, 0) is 11.3 Å². The predicted molar refractivity (Wildman–Crippen MR) is 112 cm³/mol. The largest absolute Gasteiger partial charge is 0.459 e. The quantitative estimate of drug-likeness (QED) is 0.583. The number of thiophene rings is 1. The Balaban J connectivity index is 1.68. The van der Waals surface area contributed by atoms with Gasteiger partial charge in [0.25, 0.3) is 5.91 Å². The molecule has 0 radical (unpaired) electrons. The van der Waals surface area contributed by atoms with E-state index in [0.29, 0.717) is 0 Å². The summed E-state index contributed by atoms with van der Waals surface area (Å²) in [5.74, 6) is -0.778. The van der Waals surface area contributed by atoms with Gasteiger partial charge in [-0.05, 0) is 54.1 Å². The van der Waals surface area contributed by atoms with Crippen molar-refractivity contribution in [3.05, 3.63) is 82.2 Å². The Morgan fingerprint density at radius 2 is 1.90 bits per heavy atom. The summed E-state index contributed by atoms with van der Waals surface area (Å²) in [7, 11) is 0. The number of rotatable bonds is 7. The number of furan rings is 1. The van der Waals surface area contributed by atoms with E-state index in [1.807, 2.05) is 17.5 Å². The molecule has 0 unspecified atom stereocenters. The van der Waals surface area contributed by atoms with Crippen LogP contribution in [0.2, 0.25) is 0 Å². The van der Waals surface area contributed by atoms with Gasteiger partial charge in [0.15, 0.2) is 5.76 Å². The van der Waals surface area contributed by atoms with E-state index in [4.69, 9.17) is 4.42 Å². The third-order valence-corrected chi connectivity index (χ3v) is 6.26. The van der Waals surface area contributed by atoms with Crippen molar-refractivity contribution < 1.29 is 18.4 Å². The number of nitrogens with one attached hydrogen (secondary N) is 1. The van der Waals surface area contributed by atoms with Crippen molar-refractivity contribution in [1.29, 1.82) is 0 Å². The Kier molecular flexibility index (Phi) is 6.28. The Morgan fingerprint density at radius 1 is 1.13 bits per heavy atom. The lowest BCUT2D eigenvalue weighted by Crippen LogP contribution is -2.45. The summed E-state index contributed by atoms with van der Waals surface area (Å²) >= 11 is 1.43. The molecule has 0 saturated heterocycles. The molecule has 2 amide bonds. The van der Waals surface area contributed by atoms with Crippen LogP contribution in [-0.4, -0.2) is 22.8 Å². The summed E-state index contributed by atoms with van der Waals surface area (Å²) in [6.07, 6.45) is 5.53. The highest BCUT2D eigenvalue weighted by Gasteiger charge is 2.35.